The lowest BCUT2D eigenvalue weighted by atomic mass is 10.1. The van der Waals surface area contributed by atoms with Crippen LogP contribution in [0.15, 0.2) is 65.7 Å². The molecule has 0 radical (unpaired) electrons. The van der Waals surface area contributed by atoms with Crippen LogP contribution < -0.4 is 27.4 Å². The average Bonchev–Trinajstić information content (AvgIpc) is 3.05. The summed E-state index contributed by atoms with van der Waals surface area (Å²) in [5.74, 6) is -1.57. The lowest BCUT2D eigenvalue weighted by molar-refractivity contribution is -0.148. The Balaban J connectivity index is 0.0000115. The van der Waals surface area contributed by atoms with Gasteiger partial charge in [-0.15, -0.1) is 12.4 Å². The Morgan fingerprint density at radius 1 is 0.812 bits per heavy atom. The van der Waals surface area contributed by atoms with Crippen molar-refractivity contribution in [3.05, 3.63) is 71.8 Å². The normalized spacial score (nSPS) is 11.6. The summed E-state index contributed by atoms with van der Waals surface area (Å²) in [7, 11) is 0. The van der Waals surface area contributed by atoms with Crippen LogP contribution in [0.1, 0.15) is 63.0 Å². The zero-order valence-corrected chi connectivity index (χ0v) is 28.3. The number of rotatable bonds is 22. The standard InChI is InChI=1S/C33H49N7O7.ClH/c1-33(29(42)43,39-28(41)18-9-4-10-19-36-30(34)35)38-21-11-12-22-40(32(45)47-25-27-16-7-3-8-17-27)23-13-20-37-31(44)46-24-26-14-5-2-6-15-26;/h2-3,5-8,14-17,38H,4,9-13,18-25H2,1H3,(H,37,44)(H,39,41)(H,42,43)(H4,34,35,36);1H. The molecule has 0 spiro atoms. The Kier molecular flexibility index (Phi) is 20.5. The number of ether oxygens (including phenoxy) is 2. The van der Waals surface area contributed by atoms with E-state index in [4.69, 9.17) is 20.9 Å². The summed E-state index contributed by atoms with van der Waals surface area (Å²) in [4.78, 5) is 54.9. The van der Waals surface area contributed by atoms with Gasteiger partial charge in [0, 0.05) is 32.6 Å². The SMILES string of the molecule is CC(NCCCCN(CCCNC(=O)OCc1ccccc1)C(=O)OCc1ccccc1)(NC(=O)CCCCCN=C(N)N)C(=O)O.Cl. The zero-order valence-electron chi connectivity index (χ0n) is 27.5. The first kappa shape index (κ1) is 41.5. The van der Waals surface area contributed by atoms with Crippen LogP contribution in [0.5, 0.6) is 0 Å². The Bertz CT molecular complexity index is 1270. The van der Waals surface area contributed by atoms with Crippen LogP contribution in [0.2, 0.25) is 0 Å². The van der Waals surface area contributed by atoms with Gasteiger partial charge in [-0.3, -0.25) is 15.1 Å². The molecule has 8 N–H and O–H groups in total. The number of benzene rings is 2. The molecule has 0 saturated heterocycles. The largest absolute Gasteiger partial charge is 0.478 e. The Morgan fingerprint density at radius 3 is 2.02 bits per heavy atom. The number of nitrogens with one attached hydrogen (secondary N) is 3. The topological polar surface area (TPSA) is 211 Å². The summed E-state index contributed by atoms with van der Waals surface area (Å²) < 4.78 is 10.8. The summed E-state index contributed by atoms with van der Waals surface area (Å²) in [5, 5.41) is 18.0. The number of hydrogen-bond donors (Lipinski definition) is 6. The van der Waals surface area contributed by atoms with Crippen molar-refractivity contribution in [1.82, 2.24) is 20.9 Å². The highest BCUT2D eigenvalue weighted by molar-refractivity contribution is 5.86. The van der Waals surface area contributed by atoms with Crippen LogP contribution >= 0.6 is 12.4 Å². The van der Waals surface area contributed by atoms with E-state index < -0.39 is 23.8 Å². The summed E-state index contributed by atoms with van der Waals surface area (Å²) in [5.41, 5.74) is 10.7. The fourth-order valence-corrected chi connectivity index (χ4v) is 4.40. The molecule has 48 heavy (non-hydrogen) atoms. The van der Waals surface area contributed by atoms with Crippen molar-refractivity contribution in [2.24, 2.45) is 16.5 Å². The lowest BCUT2D eigenvalue weighted by Crippen LogP contribution is -2.62. The number of carboxylic acid groups (broad SMARTS) is 1. The first-order valence-corrected chi connectivity index (χ1v) is 15.8. The van der Waals surface area contributed by atoms with Crippen molar-refractivity contribution in [2.45, 2.75) is 70.7 Å². The van der Waals surface area contributed by atoms with Gasteiger partial charge in [0.1, 0.15) is 13.2 Å². The minimum atomic E-state index is -1.65. The number of carboxylic acids is 1. The second-order valence-corrected chi connectivity index (χ2v) is 11.1. The van der Waals surface area contributed by atoms with Gasteiger partial charge in [-0.1, -0.05) is 67.1 Å². The number of aliphatic imine (C=N–C) groups is 1. The van der Waals surface area contributed by atoms with Crippen molar-refractivity contribution in [2.75, 3.05) is 32.7 Å². The van der Waals surface area contributed by atoms with Crippen molar-refractivity contribution in [3.8, 4) is 0 Å². The van der Waals surface area contributed by atoms with E-state index in [0.717, 1.165) is 17.5 Å². The van der Waals surface area contributed by atoms with E-state index in [9.17, 15) is 24.3 Å². The van der Waals surface area contributed by atoms with E-state index in [0.29, 0.717) is 58.3 Å². The smallest absolute Gasteiger partial charge is 0.410 e. The van der Waals surface area contributed by atoms with Gasteiger partial charge in [-0.2, -0.15) is 0 Å². The molecule has 266 valence electrons. The number of nitrogens with zero attached hydrogens (tertiary/aromatic N) is 2. The number of aliphatic carboxylic acids is 1. The van der Waals surface area contributed by atoms with Gasteiger partial charge in [0.05, 0.1) is 0 Å². The van der Waals surface area contributed by atoms with Gasteiger partial charge < -0.3 is 41.6 Å². The molecule has 0 bridgehead atoms. The van der Waals surface area contributed by atoms with E-state index in [2.05, 4.69) is 20.9 Å². The van der Waals surface area contributed by atoms with Crippen LogP contribution in [0.4, 0.5) is 9.59 Å². The van der Waals surface area contributed by atoms with E-state index in [-0.39, 0.29) is 50.5 Å². The highest BCUT2D eigenvalue weighted by Gasteiger charge is 2.33. The van der Waals surface area contributed by atoms with Crippen LogP contribution in [-0.4, -0.2) is 78.4 Å². The molecule has 0 saturated carbocycles. The molecule has 3 amide bonds. The highest BCUT2D eigenvalue weighted by atomic mass is 35.5. The first-order chi connectivity index (χ1) is 22.6. The van der Waals surface area contributed by atoms with Crippen molar-refractivity contribution >= 4 is 42.4 Å². The zero-order chi connectivity index (χ0) is 34.3. The predicted octanol–water partition coefficient (Wildman–Crippen LogP) is 3.48. The number of alkyl carbamates (subject to hydrolysis) is 1. The molecule has 14 nitrogen and oxygen atoms in total. The maximum absolute atomic E-state index is 12.9. The van der Waals surface area contributed by atoms with Crippen molar-refractivity contribution < 1.29 is 33.8 Å². The molecule has 15 heteroatoms. The summed E-state index contributed by atoms with van der Waals surface area (Å²) in [6.07, 6.45) is 2.68. The van der Waals surface area contributed by atoms with Crippen LogP contribution in [0, 0.1) is 0 Å². The van der Waals surface area contributed by atoms with Crippen molar-refractivity contribution in [3.63, 3.8) is 0 Å². The third-order valence-corrected chi connectivity index (χ3v) is 7.06. The molecule has 2 aromatic carbocycles. The van der Waals surface area contributed by atoms with Crippen LogP contribution in [0.3, 0.4) is 0 Å². The second kappa shape index (κ2) is 23.7. The molecule has 2 aromatic rings. The molecule has 1 unspecified atom stereocenters. The fourth-order valence-electron chi connectivity index (χ4n) is 4.40. The van der Waals surface area contributed by atoms with Gasteiger partial charge in [-0.25, -0.2) is 14.4 Å². The minimum absolute atomic E-state index is 0. The first-order valence-electron chi connectivity index (χ1n) is 15.8. The van der Waals surface area contributed by atoms with Gasteiger partial charge in [-0.05, 0) is 56.7 Å². The number of guanidine groups is 1. The highest BCUT2D eigenvalue weighted by Crippen LogP contribution is 2.08. The van der Waals surface area contributed by atoms with E-state index >= 15 is 0 Å². The van der Waals surface area contributed by atoms with E-state index in [1.165, 1.54) is 6.92 Å². The van der Waals surface area contributed by atoms with Crippen LogP contribution in [0.25, 0.3) is 0 Å². The number of carbonyl (C=O) groups excluding carboxylic acids is 3. The van der Waals surface area contributed by atoms with Gasteiger partial charge in [0.25, 0.3) is 0 Å². The molecule has 2 rings (SSSR count). The number of amides is 3. The Labute approximate surface area is 288 Å². The molecular formula is C33H50ClN7O7. The van der Waals surface area contributed by atoms with E-state index in [1.54, 1.807) is 4.90 Å². The third-order valence-electron chi connectivity index (χ3n) is 7.06. The molecule has 0 fully saturated rings. The molecule has 1 atom stereocenters. The molecule has 0 aliphatic rings. The maximum Gasteiger partial charge on any atom is 0.410 e. The summed E-state index contributed by atoms with van der Waals surface area (Å²) >= 11 is 0. The number of carbonyl (C=O) groups is 4. The predicted molar refractivity (Wildman–Crippen MR) is 185 cm³/mol. The molecule has 0 aliphatic carbocycles. The summed E-state index contributed by atoms with van der Waals surface area (Å²) in [6.45, 7) is 3.41. The molecule has 0 aromatic heterocycles. The second-order valence-electron chi connectivity index (χ2n) is 11.1. The Morgan fingerprint density at radius 2 is 1.42 bits per heavy atom. The molecular weight excluding hydrogens is 642 g/mol. The summed E-state index contributed by atoms with van der Waals surface area (Å²) in [6, 6.07) is 18.7. The number of nitrogens with two attached hydrogens (primary N) is 2. The molecule has 0 heterocycles. The Hall–Kier alpha value is -4.56. The van der Waals surface area contributed by atoms with Gasteiger partial charge in [0.2, 0.25) is 5.91 Å². The van der Waals surface area contributed by atoms with E-state index in [1.807, 2.05) is 60.7 Å². The third kappa shape index (κ3) is 18.0. The van der Waals surface area contributed by atoms with Gasteiger partial charge >= 0.3 is 18.2 Å². The number of halogens is 1. The quantitative estimate of drug-likeness (QED) is 0.0458. The average molecular weight is 692 g/mol. The van der Waals surface area contributed by atoms with Gasteiger partial charge in [0.15, 0.2) is 11.6 Å². The lowest BCUT2D eigenvalue weighted by Gasteiger charge is -2.28. The monoisotopic (exact) mass is 691 g/mol. The minimum Gasteiger partial charge on any atom is -0.478 e. The fraction of sp³-hybridized carbons (Fsp3) is 0.485. The van der Waals surface area contributed by atoms with Crippen LogP contribution in [-0.2, 0) is 32.3 Å². The maximum atomic E-state index is 12.9. The van der Waals surface area contributed by atoms with Crippen molar-refractivity contribution in [1.29, 1.82) is 0 Å². The number of hydrogen-bond acceptors (Lipinski definition) is 8. The number of unbranched alkanes of at least 4 members (excludes halogenated alkanes) is 3. The molecule has 0 aliphatic heterocycles.